The van der Waals surface area contributed by atoms with Gasteiger partial charge in [0.25, 0.3) is 0 Å². The fourth-order valence-electron chi connectivity index (χ4n) is 1.45. The van der Waals surface area contributed by atoms with Crippen molar-refractivity contribution in [3.63, 3.8) is 0 Å². The van der Waals surface area contributed by atoms with Crippen molar-refractivity contribution in [3.8, 4) is 11.5 Å². The Bertz CT molecular complexity index is 549. The van der Waals surface area contributed by atoms with Gasteiger partial charge in [-0.1, -0.05) is 0 Å². The molecule has 4 nitrogen and oxygen atoms in total. The third kappa shape index (κ3) is 2.34. The predicted octanol–water partition coefficient (Wildman–Crippen LogP) is 3.47. The van der Waals surface area contributed by atoms with Gasteiger partial charge in [-0.05, 0) is 48.8 Å². The molecule has 0 aliphatic rings. The summed E-state index contributed by atoms with van der Waals surface area (Å²) in [5.41, 5.74) is 0.933. The molecule has 2 aromatic rings. The molecule has 0 unspecified atom stereocenters. The molecule has 0 spiro atoms. The molecule has 2 aromatic heterocycles. The Labute approximate surface area is 108 Å². The van der Waals surface area contributed by atoms with E-state index in [1.54, 1.807) is 23.0 Å². The molecule has 5 heteroatoms. The molecule has 0 aromatic carbocycles. The molecule has 90 valence electrons. The van der Waals surface area contributed by atoms with Crippen LogP contribution in [0.25, 0.3) is 11.5 Å². The summed E-state index contributed by atoms with van der Waals surface area (Å²) < 4.78 is 7.81. The maximum absolute atomic E-state index is 11.0. The van der Waals surface area contributed by atoms with E-state index in [2.05, 4.69) is 21.0 Å². The summed E-state index contributed by atoms with van der Waals surface area (Å²) in [6.45, 7) is 6.07. The minimum Gasteiger partial charge on any atom is -0.448 e. The zero-order chi connectivity index (χ0) is 12.6. The molecule has 0 aliphatic heterocycles. The molecule has 0 amide bonds. The van der Waals surface area contributed by atoms with Crippen molar-refractivity contribution < 1.29 is 9.21 Å². The average molecular weight is 297 g/mol. The van der Waals surface area contributed by atoms with Gasteiger partial charge in [-0.2, -0.15) is 5.10 Å². The number of hydrogen-bond acceptors (Lipinski definition) is 3. The van der Waals surface area contributed by atoms with E-state index < -0.39 is 0 Å². The quantitative estimate of drug-likeness (QED) is 0.797. The predicted molar refractivity (Wildman–Crippen MR) is 68.0 cm³/mol. The molecule has 2 rings (SSSR count). The van der Waals surface area contributed by atoms with E-state index in [9.17, 15) is 4.79 Å². The first-order valence-corrected chi connectivity index (χ1v) is 6.02. The van der Waals surface area contributed by atoms with Gasteiger partial charge in [0.1, 0.15) is 5.69 Å². The zero-order valence-corrected chi connectivity index (χ0v) is 11.5. The summed E-state index contributed by atoms with van der Waals surface area (Å²) in [4.78, 5) is 11.0. The first-order chi connectivity index (χ1) is 7.91. The number of furan rings is 1. The van der Waals surface area contributed by atoms with Gasteiger partial charge >= 0.3 is 0 Å². The highest BCUT2D eigenvalue weighted by Crippen LogP contribution is 2.27. The molecule has 0 atom stereocenters. The van der Waals surface area contributed by atoms with Crippen molar-refractivity contribution in [1.82, 2.24) is 9.78 Å². The largest absolute Gasteiger partial charge is 0.448 e. The highest BCUT2D eigenvalue weighted by molar-refractivity contribution is 9.10. The molecular weight excluding hydrogens is 284 g/mol. The number of rotatable bonds is 2. The van der Waals surface area contributed by atoms with E-state index in [1.165, 1.54) is 0 Å². The van der Waals surface area contributed by atoms with Gasteiger partial charge in [-0.15, -0.1) is 0 Å². The van der Waals surface area contributed by atoms with E-state index in [1.807, 2.05) is 20.8 Å². The van der Waals surface area contributed by atoms with Gasteiger partial charge in [-0.25, -0.2) is 0 Å². The van der Waals surface area contributed by atoms with Crippen LogP contribution in [0.4, 0.5) is 0 Å². The SMILES string of the molecule is CC(C)(C)n1cc(C=O)c(-c2ccc(Br)o2)n1. The fraction of sp³-hybridized carbons (Fsp3) is 0.333. The maximum Gasteiger partial charge on any atom is 0.169 e. The Morgan fingerprint density at radius 1 is 1.41 bits per heavy atom. The number of nitrogens with zero attached hydrogens (tertiary/aromatic N) is 2. The molecule has 0 fully saturated rings. The van der Waals surface area contributed by atoms with E-state index >= 15 is 0 Å². The molecule has 0 saturated heterocycles. The second-order valence-electron chi connectivity index (χ2n) is 4.77. The van der Waals surface area contributed by atoms with Gasteiger partial charge in [-0.3, -0.25) is 9.48 Å². The topological polar surface area (TPSA) is 48.0 Å². The zero-order valence-electron chi connectivity index (χ0n) is 9.90. The standard InChI is InChI=1S/C12H13BrN2O2/c1-12(2,3)15-6-8(7-16)11(14-15)9-4-5-10(13)17-9/h4-7H,1-3H3. The van der Waals surface area contributed by atoms with Crippen LogP contribution in [-0.4, -0.2) is 16.1 Å². The Hall–Kier alpha value is -1.36. The normalized spacial score (nSPS) is 11.8. The smallest absolute Gasteiger partial charge is 0.169 e. The number of halogens is 1. The minimum atomic E-state index is -0.167. The van der Waals surface area contributed by atoms with Crippen molar-refractivity contribution in [2.75, 3.05) is 0 Å². The highest BCUT2D eigenvalue weighted by atomic mass is 79.9. The third-order valence-corrected chi connectivity index (χ3v) is 2.79. The average Bonchev–Trinajstić information content (AvgIpc) is 2.81. The van der Waals surface area contributed by atoms with Gasteiger partial charge < -0.3 is 4.42 Å². The van der Waals surface area contributed by atoms with Gasteiger partial charge in [0.05, 0.1) is 11.1 Å². The van der Waals surface area contributed by atoms with Crippen molar-refractivity contribution in [2.45, 2.75) is 26.3 Å². The number of aldehydes is 1. The van der Waals surface area contributed by atoms with Crippen LogP contribution in [-0.2, 0) is 5.54 Å². The van der Waals surface area contributed by atoms with Crippen LogP contribution in [0.15, 0.2) is 27.4 Å². The molecule has 0 aliphatic carbocycles. The summed E-state index contributed by atoms with van der Waals surface area (Å²) in [7, 11) is 0. The molecule has 17 heavy (non-hydrogen) atoms. The lowest BCUT2D eigenvalue weighted by Crippen LogP contribution is -2.22. The highest BCUT2D eigenvalue weighted by Gasteiger charge is 2.20. The van der Waals surface area contributed by atoms with Crippen LogP contribution >= 0.6 is 15.9 Å². The Morgan fingerprint density at radius 2 is 2.12 bits per heavy atom. The minimum absolute atomic E-state index is 0.167. The van der Waals surface area contributed by atoms with E-state index in [-0.39, 0.29) is 5.54 Å². The van der Waals surface area contributed by atoms with E-state index in [0.29, 0.717) is 21.7 Å². The lowest BCUT2D eigenvalue weighted by Gasteiger charge is -2.18. The second-order valence-corrected chi connectivity index (χ2v) is 5.55. The van der Waals surface area contributed by atoms with Gasteiger partial charge in [0.2, 0.25) is 0 Å². The van der Waals surface area contributed by atoms with Crippen LogP contribution in [0.2, 0.25) is 0 Å². The number of hydrogen-bond donors (Lipinski definition) is 0. The van der Waals surface area contributed by atoms with Crippen molar-refractivity contribution in [2.24, 2.45) is 0 Å². The van der Waals surface area contributed by atoms with Crippen molar-refractivity contribution in [1.29, 1.82) is 0 Å². The second kappa shape index (κ2) is 4.14. The molecule has 2 heterocycles. The number of aromatic nitrogens is 2. The lowest BCUT2D eigenvalue weighted by molar-refractivity contribution is 0.112. The van der Waals surface area contributed by atoms with Crippen molar-refractivity contribution in [3.05, 3.63) is 28.6 Å². The Kier molecular flexibility index (Phi) is 2.95. The summed E-state index contributed by atoms with van der Waals surface area (Å²) >= 11 is 3.23. The van der Waals surface area contributed by atoms with Crippen LogP contribution in [0.5, 0.6) is 0 Å². The van der Waals surface area contributed by atoms with Crippen LogP contribution < -0.4 is 0 Å². The van der Waals surface area contributed by atoms with E-state index in [4.69, 9.17) is 4.42 Å². The summed E-state index contributed by atoms with van der Waals surface area (Å²) in [5, 5.41) is 4.41. The molecule has 0 N–H and O–H groups in total. The van der Waals surface area contributed by atoms with Gasteiger partial charge in [0, 0.05) is 6.20 Å². The summed E-state index contributed by atoms with van der Waals surface area (Å²) in [5.74, 6) is 0.585. The van der Waals surface area contributed by atoms with Gasteiger partial charge in [0.15, 0.2) is 16.7 Å². The molecule has 0 saturated carbocycles. The Morgan fingerprint density at radius 3 is 2.59 bits per heavy atom. The summed E-state index contributed by atoms with van der Waals surface area (Å²) in [6.07, 6.45) is 2.53. The summed E-state index contributed by atoms with van der Waals surface area (Å²) in [6, 6.07) is 3.56. The maximum atomic E-state index is 11.0. The lowest BCUT2D eigenvalue weighted by atomic mass is 10.1. The van der Waals surface area contributed by atoms with Crippen LogP contribution in [0.3, 0.4) is 0 Å². The van der Waals surface area contributed by atoms with Crippen LogP contribution in [0.1, 0.15) is 31.1 Å². The number of carbonyl (C=O) groups is 1. The molecule has 0 radical (unpaired) electrons. The van der Waals surface area contributed by atoms with E-state index in [0.717, 1.165) is 6.29 Å². The fourth-order valence-corrected chi connectivity index (χ4v) is 1.76. The molecule has 0 bridgehead atoms. The van der Waals surface area contributed by atoms with Crippen LogP contribution in [0, 0.1) is 0 Å². The number of carbonyl (C=O) groups excluding carboxylic acids is 1. The first kappa shape index (κ1) is 12.1. The molecular formula is C12H13BrN2O2. The Balaban J connectivity index is 2.54. The third-order valence-electron chi connectivity index (χ3n) is 2.36. The monoisotopic (exact) mass is 296 g/mol. The first-order valence-electron chi connectivity index (χ1n) is 5.23. The van der Waals surface area contributed by atoms with Crippen molar-refractivity contribution >= 4 is 22.2 Å².